The molecule has 1 aromatic heterocycles. The lowest BCUT2D eigenvalue weighted by molar-refractivity contribution is 0.0623. The molecule has 0 aliphatic carbocycles. The fourth-order valence-electron chi connectivity index (χ4n) is 4.19. The molecule has 0 atom stereocenters. The Kier molecular flexibility index (Phi) is 5.46. The summed E-state index contributed by atoms with van der Waals surface area (Å²) in [5.74, 6) is -0.0378. The van der Waals surface area contributed by atoms with Crippen LogP contribution in [0.3, 0.4) is 0 Å². The molecule has 0 N–H and O–H groups in total. The number of aromatic nitrogens is 3. The van der Waals surface area contributed by atoms with E-state index in [4.69, 9.17) is 0 Å². The maximum atomic E-state index is 12.9. The average Bonchev–Trinajstić information content (AvgIpc) is 3.28. The Labute approximate surface area is 181 Å². The Balaban J connectivity index is 1.19. The lowest BCUT2D eigenvalue weighted by atomic mass is 10.0. The lowest BCUT2D eigenvalue weighted by Crippen LogP contribution is -2.48. The standard InChI is InChI=1S/C25H25N5O/c31-25(24-19-30(27-26-24)17-20-7-2-1-3-8-20)29-15-13-28(14-16-29)18-22-11-6-10-21-9-4-5-12-23(21)22/h1-12,19H,13-18H2. The molecule has 2 heterocycles. The number of piperazine rings is 1. The van der Waals surface area contributed by atoms with E-state index in [1.54, 1.807) is 10.9 Å². The number of fused-ring (bicyclic) bond motifs is 1. The number of benzene rings is 3. The van der Waals surface area contributed by atoms with Crippen molar-refractivity contribution in [3.05, 3.63) is 95.8 Å². The Morgan fingerprint density at radius 1 is 0.806 bits per heavy atom. The van der Waals surface area contributed by atoms with Gasteiger partial charge in [0.25, 0.3) is 5.91 Å². The third-order valence-corrected chi connectivity index (χ3v) is 5.88. The van der Waals surface area contributed by atoms with Crippen molar-refractivity contribution in [2.24, 2.45) is 0 Å². The summed E-state index contributed by atoms with van der Waals surface area (Å²) >= 11 is 0. The van der Waals surface area contributed by atoms with Gasteiger partial charge in [0.15, 0.2) is 5.69 Å². The molecule has 31 heavy (non-hydrogen) atoms. The fourth-order valence-corrected chi connectivity index (χ4v) is 4.19. The predicted octanol–water partition coefficient (Wildman–Crippen LogP) is 3.44. The Bertz CT molecular complexity index is 1170. The third kappa shape index (κ3) is 4.34. The average molecular weight is 412 g/mol. The highest BCUT2D eigenvalue weighted by atomic mass is 16.2. The number of hydrogen-bond acceptors (Lipinski definition) is 4. The summed E-state index contributed by atoms with van der Waals surface area (Å²) in [6.07, 6.45) is 1.75. The minimum absolute atomic E-state index is 0.0378. The zero-order chi connectivity index (χ0) is 21.0. The second-order valence-corrected chi connectivity index (χ2v) is 7.99. The second-order valence-electron chi connectivity index (χ2n) is 7.99. The number of amides is 1. The van der Waals surface area contributed by atoms with Crippen molar-refractivity contribution in [2.45, 2.75) is 13.1 Å². The highest BCUT2D eigenvalue weighted by Gasteiger charge is 2.24. The van der Waals surface area contributed by atoms with Crippen LogP contribution in [0.4, 0.5) is 0 Å². The summed E-state index contributed by atoms with van der Waals surface area (Å²) in [5, 5.41) is 10.8. The first-order chi connectivity index (χ1) is 15.3. The third-order valence-electron chi connectivity index (χ3n) is 5.88. The molecule has 0 saturated carbocycles. The van der Waals surface area contributed by atoms with E-state index in [9.17, 15) is 4.79 Å². The van der Waals surface area contributed by atoms with Crippen LogP contribution in [0.5, 0.6) is 0 Å². The Morgan fingerprint density at radius 3 is 2.39 bits per heavy atom. The fraction of sp³-hybridized carbons (Fsp3) is 0.240. The first-order valence-corrected chi connectivity index (χ1v) is 10.7. The first kappa shape index (κ1) is 19.5. The maximum absolute atomic E-state index is 12.9. The molecule has 6 heteroatoms. The van der Waals surface area contributed by atoms with E-state index in [0.717, 1.165) is 25.2 Å². The number of carbonyl (C=O) groups is 1. The smallest absolute Gasteiger partial charge is 0.276 e. The summed E-state index contributed by atoms with van der Waals surface area (Å²) < 4.78 is 1.72. The normalized spacial score (nSPS) is 14.8. The molecule has 1 aliphatic heterocycles. The van der Waals surface area contributed by atoms with Crippen LogP contribution in [0.2, 0.25) is 0 Å². The minimum Gasteiger partial charge on any atom is -0.335 e. The van der Waals surface area contributed by atoms with E-state index in [0.29, 0.717) is 25.3 Å². The van der Waals surface area contributed by atoms with Gasteiger partial charge in [0.1, 0.15) is 0 Å². The van der Waals surface area contributed by atoms with E-state index in [1.807, 2.05) is 35.2 Å². The van der Waals surface area contributed by atoms with Crippen molar-refractivity contribution in [1.29, 1.82) is 0 Å². The maximum Gasteiger partial charge on any atom is 0.276 e. The number of nitrogens with zero attached hydrogens (tertiary/aromatic N) is 5. The molecule has 1 fully saturated rings. The van der Waals surface area contributed by atoms with Gasteiger partial charge in [-0.25, -0.2) is 4.68 Å². The summed E-state index contributed by atoms with van der Waals surface area (Å²) in [7, 11) is 0. The van der Waals surface area contributed by atoms with Gasteiger partial charge in [-0.2, -0.15) is 0 Å². The van der Waals surface area contributed by atoms with Crippen LogP contribution >= 0.6 is 0 Å². The molecule has 0 unspecified atom stereocenters. The van der Waals surface area contributed by atoms with Gasteiger partial charge < -0.3 is 4.90 Å². The quantitative estimate of drug-likeness (QED) is 0.505. The minimum atomic E-state index is -0.0378. The zero-order valence-corrected chi connectivity index (χ0v) is 17.4. The largest absolute Gasteiger partial charge is 0.335 e. The van der Waals surface area contributed by atoms with Gasteiger partial charge in [-0.05, 0) is 21.9 Å². The summed E-state index contributed by atoms with van der Waals surface area (Å²) in [6.45, 7) is 4.63. The van der Waals surface area contributed by atoms with Crippen molar-refractivity contribution in [3.8, 4) is 0 Å². The van der Waals surface area contributed by atoms with Crippen LogP contribution in [0.1, 0.15) is 21.6 Å². The summed E-state index contributed by atoms with van der Waals surface area (Å²) in [5.41, 5.74) is 2.88. The van der Waals surface area contributed by atoms with Crippen LogP contribution in [-0.2, 0) is 13.1 Å². The molecule has 156 valence electrons. The molecule has 3 aromatic carbocycles. The van der Waals surface area contributed by atoms with Gasteiger partial charge in [-0.15, -0.1) is 5.10 Å². The zero-order valence-electron chi connectivity index (χ0n) is 17.4. The topological polar surface area (TPSA) is 54.3 Å². The van der Waals surface area contributed by atoms with Gasteiger partial charge in [-0.3, -0.25) is 9.69 Å². The molecule has 1 aliphatic rings. The van der Waals surface area contributed by atoms with E-state index in [1.165, 1.54) is 16.3 Å². The van der Waals surface area contributed by atoms with Crippen molar-refractivity contribution < 1.29 is 4.79 Å². The van der Waals surface area contributed by atoms with Crippen LogP contribution in [-0.4, -0.2) is 56.9 Å². The summed E-state index contributed by atoms with van der Waals surface area (Å²) in [4.78, 5) is 17.2. The van der Waals surface area contributed by atoms with Crippen molar-refractivity contribution >= 4 is 16.7 Å². The molecular formula is C25H25N5O. The van der Waals surface area contributed by atoms with Gasteiger partial charge in [-0.1, -0.05) is 78.0 Å². The number of hydrogen-bond donors (Lipinski definition) is 0. The van der Waals surface area contributed by atoms with E-state index >= 15 is 0 Å². The molecule has 6 nitrogen and oxygen atoms in total. The molecule has 1 saturated heterocycles. The molecule has 0 spiro atoms. The Morgan fingerprint density at radius 2 is 1.55 bits per heavy atom. The van der Waals surface area contributed by atoms with E-state index in [2.05, 4.69) is 57.7 Å². The summed E-state index contributed by atoms with van der Waals surface area (Å²) in [6, 6.07) is 25.0. The van der Waals surface area contributed by atoms with Gasteiger partial charge in [0, 0.05) is 32.7 Å². The molecule has 0 bridgehead atoms. The van der Waals surface area contributed by atoms with Crippen LogP contribution in [0, 0.1) is 0 Å². The molecule has 4 aromatic rings. The van der Waals surface area contributed by atoms with Crippen LogP contribution in [0.25, 0.3) is 10.8 Å². The highest BCUT2D eigenvalue weighted by molar-refractivity contribution is 5.92. The predicted molar refractivity (Wildman–Crippen MR) is 121 cm³/mol. The van der Waals surface area contributed by atoms with Gasteiger partial charge >= 0.3 is 0 Å². The van der Waals surface area contributed by atoms with Crippen LogP contribution in [0.15, 0.2) is 79.0 Å². The van der Waals surface area contributed by atoms with Gasteiger partial charge in [0.2, 0.25) is 0 Å². The SMILES string of the molecule is O=C(c1cn(Cc2ccccc2)nn1)N1CCN(Cc2cccc3ccccc23)CC1. The Hall–Kier alpha value is -3.51. The van der Waals surface area contributed by atoms with Crippen molar-refractivity contribution in [1.82, 2.24) is 24.8 Å². The second kappa shape index (κ2) is 8.70. The molecule has 5 rings (SSSR count). The first-order valence-electron chi connectivity index (χ1n) is 10.7. The molecule has 0 radical (unpaired) electrons. The molecule has 1 amide bonds. The lowest BCUT2D eigenvalue weighted by Gasteiger charge is -2.34. The van der Waals surface area contributed by atoms with Gasteiger partial charge in [0.05, 0.1) is 12.7 Å². The molecular weight excluding hydrogens is 386 g/mol. The van der Waals surface area contributed by atoms with Crippen molar-refractivity contribution in [2.75, 3.05) is 26.2 Å². The van der Waals surface area contributed by atoms with E-state index in [-0.39, 0.29) is 5.91 Å². The monoisotopic (exact) mass is 411 g/mol. The number of carbonyl (C=O) groups excluding carboxylic acids is 1. The van der Waals surface area contributed by atoms with Crippen molar-refractivity contribution in [3.63, 3.8) is 0 Å². The van der Waals surface area contributed by atoms with Crippen LogP contribution < -0.4 is 0 Å². The highest BCUT2D eigenvalue weighted by Crippen LogP contribution is 2.20. The number of rotatable bonds is 5. The van der Waals surface area contributed by atoms with E-state index < -0.39 is 0 Å².